The summed E-state index contributed by atoms with van der Waals surface area (Å²) in [5.74, 6) is 0.183. The van der Waals surface area contributed by atoms with E-state index in [9.17, 15) is 4.79 Å². The number of ether oxygens (including phenoxy) is 2. The Morgan fingerprint density at radius 1 is 1.57 bits per heavy atom. The first-order valence-electron chi connectivity index (χ1n) is 4.77. The molecule has 14 heavy (non-hydrogen) atoms. The van der Waals surface area contributed by atoms with Gasteiger partial charge in [-0.3, -0.25) is 4.79 Å². The SMILES string of the molecule is N[C@H]1CCN(C(=O)C2=COCCO2)C1. The maximum absolute atomic E-state index is 11.7. The van der Waals surface area contributed by atoms with Crippen LogP contribution in [0.5, 0.6) is 0 Å². The van der Waals surface area contributed by atoms with Crippen LogP contribution in [0.1, 0.15) is 6.42 Å². The Morgan fingerprint density at radius 2 is 2.43 bits per heavy atom. The molecule has 0 saturated carbocycles. The Balaban J connectivity index is 1.97. The lowest BCUT2D eigenvalue weighted by atomic mass is 10.3. The molecule has 2 aliphatic heterocycles. The monoisotopic (exact) mass is 198 g/mol. The molecule has 5 heteroatoms. The minimum atomic E-state index is -0.113. The molecule has 1 fully saturated rings. The van der Waals surface area contributed by atoms with E-state index in [1.165, 1.54) is 6.26 Å². The van der Waals surface area contributed by atoms with Gasteiger partial charge in [0.05, 0.1) is 0 Å². The van der Waals surface area contributed by atoms with E-state index >= 15 is 0 Å². The van der Waals surface area contributed by atoms with E-state index < -0.39 is 0 Å². The predicted octanol–water partition coefficient (Wildman–Crippen LogP) is -0.566. The lowest BCUT2D eigenvalue weighted by Gasteiger charge is -2.20. The van der Waals surface area contributed by atoms with Crippen molar-refractivity contribution in [3.63, 3.8) is 0 Å². The molecule has 0 unspecified atom stereocenters. The van der Waals surface area contributed by atoms with Crippen LogP contribution in [0.3, 0.4) is 0 Å². The van der Waals surface area contributed by atoms with E-state index in [0.29, 0.717) is 32.1 Å². The van der Waals surface area contributed by atoms with E-state index in [2.05, 4.69) is 0 Å². The zero-order valence-electron chi connectivity index (χ0n) is 7.94. The largest absolute Gasteiger partial charge is 0.494 e. The van der Waals surface area contributed by atoms with Gasteiger partial charge in [0.25, 0.3) is 5.91 Å². The van der Waals surface area contributed by atoms with Crippen molar-refractivity contribution in [1.29, 1.82) is 0 Å². The van der Waals surface area contributed by atoms with Crippen molar-refractivity contribution >= 4 is 5.91 Å². The van der Waals surface area contributed by atoms with Gasteiger partial charge in [-0.15, -0.1) is 0 Å². The predicted molar refractivity (Wildman–Crippen MR) is 49.2 cm³/mol. The van der Waals surface area contributed by atoms with Crippen LogP contribution in [0.25, 0.3) is 0 Å². The summed E-state index contributed by atoms with van der Waals surface area (Å²) in [6.07, 6.45) is 2.25. The molecule has 0 aromatic carbocycles. The van der Waals surface area contributed by atoms with Crippen molar-refractivity contribution in [2.45, 2.75) is 12.5 Å². The zero-order chi connectivity index (χ0) is 9.97. The standard InChI is InChI=1S/C9H14N2O3/c10-7-1-2-11(5-7)9(12)8-6-13-3-4-14-8/h6-7H,1-5,10H2/t7-/m0/s1. The van der Waals surface area contributed by atoms with Crippen molar-refractivity contribution < 1.29 is 14.3 Å². The molecule has 0 aromatic rings. The lowest BCUT2D eigenvalue weighted by Crippen LogP contribution is -2.34. The zero-order valence-corrected chi connectivity index (χ0v) is 7.94. The Kier molecular flexibility index (Phi) is 2.58. The van der Waals surface area contributed by atoms with E-state index in [0.717, 1.165) is 6.42 Å². The van der Waals surface area contributed by atoms with E-state index in [4.69, 9.17) is 15.2 Å². The van der Waals surface area contributed by atoms with Crippen molar-refractivity contribution in [1.82, 2.24) is 4.90 Å². The summed E-state index contributed by atoms with van der Waals surface area (Å²) in [6, 6.07) is 0.101. The molecule has 2 aliphatic rings. The fourth-order valence-electron chi connectivity index (χ4n) is 1.61. The normalized spacial score (nSPS) is 26.5. The fraction of sp³-hybridized carbons (Fsp3) is 0.667. The summed E-state index contributed by atoms with van der Waals surface area (Å²) in [5, 5.41) is 0. The van der Waals surface area contributed by atoms with E-state index in [1.54, 1.807) is 4.90 Å². The highest BCUT2D eigenvalue weighted by atomic mass is 16.6. The van der Waals surface area contributed by atoms with Crippen LogP contribution in [-0.2, 0) is 14.3 Å². The number of carbonyl (C=O) groups is 1. The highest BCUT2D eigenvalue weighted by molar-refractivity contribution is 5.91. The molecule has 2 N–H and O–H groups in total. The Bertz CT molecular complexity index is 265. The van der Waals surface area contributed by atoms with Crippen molar-refractivity contribution in [3.05, 3.63) is 12.0 Å². The van der Waals surface area contributed by atoms with Crippen molar-refractivity contribution in [2.75, 3.05) is 26.3 Å². The lowest BCUT2D eigenvalue weighted by molar-refractivity contribution is -0.131. The second-order valence-electron chi connectivity index (χ2n) is 3.50. The Hall–Kier alpha value is -1.23. The highest BCUT2D eigenvalue weighted by Crippen LogP contribution is 2.13. The molecule has 78 valence electrons. The molecule has 5 nitrogen and oxygen atoms in total. The first kappa shape index (κ1) is 9.33. The molecule has 0 spiro atoms. The summed E-state index contributed by atoms with van der Waals surface area (Å²) in [6.45, 7) is 2.27. The fourth-order valence-corrected chi connectivity index (χ4v) is 1.61. The van der Waals surface area contributed by atoms with Crippen LogP contribution in [0, 0.1) is 0 Å². The second-order valence-corrected chi connectivity index (χ2v) is 3.50. The number of rotatable bonds is 1. The van der Waals surface area contributed by atoms with Crippen LogP contribution < -0.4 is 5.73 Å². The third kappa shape index (κ3) is 1.82. The number of nitrogens with two attached hydrogens (primary N) is 1. The van der Waals surface area contributed by atoms with Gasteiger partial charge in [0.15, 0.2) is 0 Å². The Labute approximate surface area is 82.4 Å². The molecule has 1 atom stereocenters. The maximum Gasteiger partial charge on any atom is 0.292 e. The van der Waals surface area contributed by atoms with E-state index in [1.807, 2.05) is 0 Å². The van der Waals surface area contributed by atoms with Gasteiger partial charge in [-0.05, 0) is 6.42 Å². The average molecular weight is 198 g/mol. The topological polar surface area (TPSA) is 64.8 Å². The van der Waals surface area contributed by atoms with Crippen LogP contribution >= 0.6 is 0 Å². The van der Waals surface area contributed by atoms with Crippen LogP contribution in [-0.4, -0.2) is 43.2 Å². The summed E-state index contributed by atoms with van der Waals surface area (Å²) in [4.78, 5) is 13.4. The number of hydrogen-bond donors (Lipinski definition) is 1. The first-order chi connectivity index (χ1) is 6.77. The summed E-state index contributed by atoms with van der Waals surface area (Å²) >= 11 is 0. The molecule has 0 radical (unpaired) electrons. The summed E-state index contributed by atoms with van der Waals surface area (Å²) in [7, 11) is 0. The maximum atomic E-state index is 11.7. The number of amides is 1. The van der Waals surface area contributed by atoms with Crippen LogP contribution in [0.15, 0.2) is 12.0 Å². The average Bonchev–Trinajstić information content (AvgIpc) is 2.65. The van der Waals surface area contributed by atoms with Gasteiger partial charge in [-0.2, -0.15) is 0 Å². The minimum Gasteiger partial charge on any atom is -0.494 e. The van der Waals surface area contributed by atoms with Gasteiger partial charge in [-0.1, -0.05) is 0 Å². The molecule has 2 rings (SSSR count). The number of carbonyl (C=O) groups excluding carboxylic acids is 1. The van der Waals surface area contributed by atoms with Gasteiger partial charge >= 0.3 is 0 Å². The summed E-state index contributed by atoms with van der Waals surface area (Å²) < 4.78 is 10.2. The van der Waals surface area contributed by atoms with Gasteiger partial charge in [0, 0.05) is 19.1 Å². The second kappa shape index (κ2) is 3.88. The minimum absolute atomic E-state index is 0.101. The van der Waals surface area contributed by atoms with Gasteiger partial charge < -0.3 is 20.1 Å². The van der Waals surface area contributed by atoms with Gasteiger partial charge in [0.1, 0.15) is 19.5 Å². The summed E-state index contributed by atoms with van der Waals surface area (Å²) in [5.41, 5.74) is 5.71. The van der Waals surface area contributed by atoms with Crippen molar-refractivity contribution in [2.24, 2.45) is 5.73 Å². The molecule has 2 heterocycles. The molecule has 0 aliphatic carbocycles. The molecule has 0 bridgehead atoms. The number of nitrogens with zero attached hydrogens (tertiary/aromatic N) is 1. The van der Waals surface area contributed by atoms with Gasteiger partial charge in [0.2, 0.25) is 5.76 Å². The number of hydrogen-bond acceptors (Lipinski definition) is 4. The third-order valence-corrected chi connectivity index (χ3v) is 2.37. The van der Waals surface area contributed by atoms with Crippen LogP contribution in [0.4, 0.5) is 0 Å². The smallest absolute Gasteiger partial charge is 0.292 e. The van der Waals surface area contributed by atoms with Crippen molar-refractivity contribution in [3.8, 4) is 0 Å². The molecule has 0 aromatic heterocycles. The Morgan fingerprint density at radius 3 is 3.00 bits per heavy atom. The van der Waals surface area contributed by atoms with Gasteiger partial charge in [-0.25, -0.2) is 0 Å². The molecule has 1 amide bonds. The third-order valence-electron chi connectivity index (χ3n) is 2.37. The molecular formula is C9H14N2O3. The van der Waals surface area contributed by atoms with Crippen LogP contribution in [0.2, 0.25) is 0 Å². The quantitative estimate of drug-likeness (QED) is 0.613. The molecular weight excluding hydrogens is 184 g/mol. The molecule has 1 saturated heterocycles. The van der Waals surface area contributed by atoms with E-state index in [-0.39, 0.29) is 11.9 Å². The number of likely N-dealkylation sites (tertiary alicyclic amines) is 1. The first-order valence-corrected chi connectivity index (χ1v) is 4.77. The highest BCUT2D eigenvalue weighted by Gasteiger charge is 2.27.